The molecule has 0 heterocycles. The van der Waals surface area contributed by atoms with E-state index in [1.807, 2.05) is 0 Å². The number of ether oxygens (including phenoxy) is 1. The SMILES string of the molecule is O.O=CO.O=COCCO.OCCO. The molecule has 88 valence electrons. The van der Waals surface area contributed by atoms with Crippen LogP contribution in [0, 0.1) is 0 Å². The Labute approximate surface area is 80.7 Å². The molecule has 0 aliphatic heterocycles. The summed E-state index contributed by atoms with van der Waals surface area (Å²) in [5.74, 6) is 0. The van der Waals surface area contributed by atoms with E-state index in [1.165, 1.54) is 0 Å². The molecule has 0 spiro atoms. The lowest BCUT2D eigenvalue weighted by molar-refractivity contribution is -0.129. The van der Waals surface area contributed by atoms with Gasteiger partial charge in [0.15, 0.2) is 0 Å². The normalized spacial score (nSPS) is 6.21. The molecule has 0 fully saturated rings. The third-order valence-corrected chi connectivity index (χ3v) is 0.377. The molecular formula is C6H16O8. The van der Waals surface area contributed by atoms with Gasteiger partial charge >= 0.3 is 0 Å². The minimum absolute atomic E-state index is 0. The minimum Gasteiger partial charge on any atom is -0.483 e. The number of aliphatic hydroxyl groups is 3. The van der Waals surface area contributed by atoms with Gasteiger partial charge in [0.25, 0.3) is 12.9 Å². The smallest absolute Gasteiger partial charge is 0.293 e. The quantitative estimate of drug-likeness (QED) is 0.288. The molecule has 0 aliphatic carbocycles. The van der Waals surface area contributed by atoms with E-state index >= 15 is 0 Å². The summed E-state index contributed by atoms with van der Waals surface area (Å²) >= 11 is 0. The van der Waals surface area contributed by atoms with Crippen LogP contribution in [0.3, 0.4) is 0 Å². The van der Waals surface area contributed by atoms with Crippen molar-refractivity contribution in [1.29, 1.82) is 0 Å². The number of carbonyl (C=O) groups is 2. The number of aliphatic hydroxyl groups excluding tert-OH is 3. The number of rotatable bonds is 4. The predicted octanol–water partition coefficient (Wildman–Crippen LogP) is -3.00. The molecule has 0 radical (unpaired) electrons. The predicted molar refractivity (Wildman–Crippen MR) is 45.6 cm³/mol. The van der Waals surface area contributed by atoms with Crippen LogP contribution in [0.15, 0.2) is 0 Å². The average molecular weight is 216 g/mol. The van der Waals surface area contributed by atoms with Crippen molar-refractivity contribution in [3.05, 3.63) is 0 Å². The zero-order valence-electron chi connectivity index (χ0n) is 7.50. The second kappa shape index (κ2) is 41.0. The average Bonchev–Trinajstić information content (AvgIpc) is 2.16. The molecule has 0 aromatic carbocycles. The highest BCUT2D eigenvalue weighted by Crippen LogP contribution is 1.58. The Bertz CT molecular complexity index is 83.9. The maximum absolute atomic E-state index is 9.23. The summed E-state index contributed by atoms with van der Waals surface area (Å²) < 4.78 is 4.05. The third-order valence-electron chi connectivity index (χ3n) is 0.377. The van der Waals surface area contributed by atoms with Crippen molar-refractivity contribution in [3.63, 3.8) is 0 Å². The van der Waals surface area contributed by atoms with E-state index in [0.29, 0.717) is 6.47 Å². The Morgan fingerprint density at radius 3 is 1.43 bits per heavy atom. The molecule has 0 saturated carbocycles. The van der Waals surface area contributed by atoms with Crippen LogP contribution in [0.4, 0.5) is 0 Å². The molecule has 6 N–H and O–H groups in total. The van der Waals surface area contributed by atoms with Crippen LogP contribution in [0.2, 0.25) is 0 Å². The molecule has 0 amide bonds. The van der Waals surface area contributed by atoms with E-state index in [4.69, 9.17) is 25.2 Å². The maximum atomic E-state index is 9.23. The molecule has 14 heavy (non-hydrogen) atoms. The van der Waals surface area contributed by atoms with Crippen molar-refractivity contribution >= 4 is 12.9 Å². The number of carboxylic acid groups (broad SMARTS) is 1. The Kier molecular flexibility index (Phi) is 67.3. The van der Waals surface area contributed by atoms with E-state index in [1.54, 1.807) is 0 Å². The van der Waals surface area contributed by atoms with Gasteiger partial charge in [-0.05, 0) is 0 Å². The van der Waals surface area contributed by atoms with E-state index < -0.39 is 0 Å². The van der Waals surface area contributed by atoms with Crippen molar-refractivity contribution in [2.75, 3.05) is 26.4 Å². The van der Waals surface area contributed by atoms with Crippen molar-refractivity contribution in [2.45, 2.75) is 0 Å². The van der Waals surface area contributed by atoms with Gasteiger partial charge in [0.1, 0.15) is 6.61 Å². The number of carbonyl (C=O) groups excluding carboxylic acids is 1. The second-order valence-corrected chi connectivity index (χ2v) is 1.24. The summed E-state index contributed by atoms with van der Waals surface area (Å²) in [5, 5.41) is 30.1. The standard InChI is InChI=1S/C3H6O3.C2H6O2.CH2O2.H2O/c4-1-2-6-3-5;3-1-2-4;2-1-3;/h3-4H,1-2H2;3-4H,1-2H2;1H,(H,2,3);1H2. The zero-order valence-corrected chi connectivity index (χ0v) is 7.50. The highest BCUT2D eigenvalue weighted by molar-refractivity contribution is 5.36. The van der Waals surface area contributed by atoms with Crippen LogP contribution in [0.5, 0.6) is 0 Å². The molecule has 0 bridgehead atoms. The lowest BCUT2D eigenvalue weighted by Crippen LogP contribution is -1.95. The summed E-state index contributed by atoms with van der Waals surface area (Å²) in [5.41, 5.74) is 0. The molecule has 0 saturated heterocycles. The van der Waals surface area contributed by atoms with Crippen LogP contribution >= 0.6 is 0 Å². The first-order valence-corrected chi connectivity index (χ1v) is 3.20. The van der Waals surface area contributed by atoms with Gasteiger partial charge in [0, 0.05) is 0 Å². The number of hydrogen-bond acceptors (Lipinski definition) is 6. The van der Waals surface area contributed by atoms with Gasteiger partial charge in [-0.1, -0.05) is 0 Å². The van der Waals surface area contributed by atoms with E-state index in [0.717, 1.165) is 0 Å². The molecule has 0 atom stereocenters. The topological polar surface area (TPSA) is 156 Å². The maximum Gasteiger partial charge on any atom is 0.293 e. The molecule has 8 nitrogen and oxygen atoms in total. The van der Waals surface area contributed by atoms with Crippen molar-refractivity contribution < 1.29 is 40.2 Å². The molecule has 0 aromatic rings. The van der Waals surface area contributed by atoms with E-state index in [2.05, 4.69) is 4.74 Å². The lowest BCUT2D eigenvalue weighted by atomic mass is 10.8. The van der Waals surface area contributed by atoms with Gasteiger partial charge in [-0.15, -0.1) is 0 Å². The van der Waals surface area contributed by atoms with Crippen molar-refractivity contribution in [1.82, 2.24) is 0 Å². The largest absolute Gasteiger partial charge is 0.483 e. The van der Waals surface area contributed by atoms with Gasteiger partial charge in [0.2, 0.25) is 0 Å². The van der Waals surface area contributed by atoms with E-state index in [9.17, 15) is 4.79 Å². The summed E-state index contributed by atoms with van der Waals surface area (Å²) in [4.78, 5) is 17.6. The van der Waals surface area contributed by atoms with Crippen LogP contribution in [0.1, 0.15) is 0 Å². The van der Waals surface area contributed by atoms with Gasteiger partial charge in [0.05, 0.1) is 19.8 Å². The van der Waals surface area contributed by atoms with Crippen molar-refractivity contribution in [3.8, 4) is 0 Å². The second-order valence-electron chi connectivity index (χ2n) is 1.24. The Morgan fingerprint density at radius 2 is 1.36 bits per heavy atom. The first kappa shape index (κ1) is 23.0. The minimum atomic E-state index is -0.250. The van der Waals surface area contributed by atoms with Crippen molar-refractivity contribution in [2.24, 2.45) is 0 Å². The zero-order chi connectivity index (χ0) is 10.9. The summed E-state index contributed by atoms with van der Waals surface area (Å²) in [6.45, 7) is -0.196. The van der Waals surface area contributed by atoms with Crippen LogP contribution in [-0.4, -0.2) is 65.3 Å². The highest BCUT2D eigenvalue weighted by atomic mass is 16.5. The molecule has 0 aromatic heterocycles. The summed E-state index contributed by atoms with van der Waals surface area (Å²) in [6, 6.07) is 0. The first-order valence-electron chi connectivity index (χ1n) is 3.20. The van der Waals surface area contributed by atoms with Gasteiger partial charge in [-0.25, -0.2) is 0 Å². The van der Waals surface area contributed by atoms with Gasteiger partial charge in [-0.2, -0.15) is 0 Å². The Balaban J connectivity index is -0.0000000553. The van der Waals surface area contributed by atoms with Gasteiger partial charge in [-0.3, -0.25) is 9.59 Å². The Hall–Kier alpha value is -1.22. The molecule has 0 aliphatic rings. The fraction of sp³-hybridized carbons (Fsp3) is 0.667. The Morgan fingerprint density at radius 1 is 1.00 bits per heavy atom. The van der Waals surface area contributed by atoms with Crippen LogP contribution in [-0.2, 0) is 14.3 Å². The van der Waals surface area contributed by atoms with E-state index in [-0.39, 0.29) is 38.4 Å². The first-order chi connectivity index (χ1) is 6.24. The molecule has 0 rings (SSSR count). The third kappa shape index (κ3) is 133. The fourth-order valence-corrected chi connectivity index (χ4v) is 0.101. The molecule has 0 unspecified atom stereocenters. The monoisotopic (exact) mass is 216 g/mol. The summed E-state index contributed by atoms with van der Waals surface area (Å²) in [6.07, 6.45) is 0. The highest BCUT2D eigenvalue weighted by Gasteiger charge is 1.72. The summed E-state index contributed by atoms with van der Waals surface area (Å²) in [7, 11) is 0. The van der Waals surface area contributed by atoms with Gasteiger partial charge < -0.3 is 30.6 Å². The molecule has 8 heteroatoms. The lowest BCUT2D eigenvalue weighted by Gasteiger charge is -1.86. The molecular weight excluding hydrogens is 200 g/mol. The fourth-order valence-electron chi connectivity index (χ4n) is 0.101. The van der Waals surface area contributed by atoms with Crippen LogP contribution in [0.25, 0.3) is 0 Å². The number of hydrogen-bond donors (Lipinski definition) is 4. The van der Waals surface area contributed by atoms with Crippen LogP contribution < -0.4 is 0 Å².